The van der Waals surface area contributed by atoms with Gasteiger partial charge in [-0.1, -0.05) is 13.3 Å². The standard InChI is InChI=1S/C9H14N/c1-3-4-6-10-7-5-9(2)8-10/h5,7H,3-4,6H2,1-2H3/q+1. The summed E-state index contributed by atoms with van der Waals surface area (Å²) in [6, 6.07) is 0. The number of allylic oxidation sites excluding steroid dienone is 2. The number of unbranched alkanes of at least 4 members (excludes halogenated alkanes) is 1. The van der Waals surface area contributed by atoms with Crippen LogP contribution in [0.2, 0.25) is 0 Å². The number of hydrogen-bond acceptors (Lipinski definition) is 1. The number of hydrogen-bond donors (Lipinski definition) is 0. The molecule has 0 aromatic carbocycles. The molecule has 1 heteroatoms. The van der Waals surface area contributed by atoms with Crippen LogP contribution >= 0.6 is 0 Å². The second kappa shape index (κ2) is 3.38. The van der Waals surface area contributed by atoms with Crippen molar-refractivity contribution in [1.82, 2.24) is 4.90 Å². The van der Waals surface area contributed by atoms with Gasteiger partial charge in [-0.15, -0.1) is 0 Å². The number of nitrogens with zero attached hydrogens (tertiary/aromatic N) is 1. The molecule has 0 fully saturated rings. The summed E-state index contributed by atoms with van der Waals surface area (Å²) in [4.78, 5) is 2.12. The molecule has 0 aromatic rings. The molecule has 1 nitrogen and oxygen atoms in total. The van der Waals surface area contributed by atoms with Crippen molar-refractivity contribution in [2.75, 3.05) is 6.54 Å². The smallest absolute Gasteiger partial charge is 0.156 e. The fraction of sp³-hybridized carbons (Fsp3) is 0.556. The van der Waals surface area contributed by atoms with Crippen molar-refractivity contribution in [3.05, 3.63) is 24.0 Å². The van der Waals surface area contributed by atoms with E-state index in [0.717, 1.165) is 6.54 Å². The molecule has 1 aliphatic rings. The van der Waals surface area contributed by atoms with Crippen LogP contribution in [0.3, 0.4) is 0 Å². The Morgan fingerprint density at radius 3 is 2.90 bits per heavy atom. The molecule has 0 aliphatic carbocycles. The van der Waals surface area contributed by atoms with E-state index in [1.807, 2.05) is 0 Å². The van der Waals surface area contributed by atoms with Gasteiger partial charge >= 0.3 is 0 Å². The minimum Gasteiger partial charge on any atom is -0.192 e. The first-order chi connectivity index (χ1) is 4.83. The van der Waals surface area contributed by atoms with Gasteiger partial charge in [0.2, 0.25) is 0 Å². The summed E-state index contributed by atoms with van der Waals surface area (Å²) in [7, 11) is 0. The number of rotatable bonds is 3. The molecular weight excluding hydrogens is 122 g/mol. The zero-order chi connectivity index (χ0) is 7.40. The second-order valence-electron chi connectivity index (χ2n) is 2.66. The van der Waals surface area contributed by atoms with Gasteiger partial charge in [-0.2, -0.15) is 4.90 Å². The Morgan fingerprint density at radius 2 is 2.40 bits per heavy atom. The van der Waals surface area contributed by atoms with Gasteiger partial charge in [-0.3, -0.25) is 0 Å². The van der Waals surface area contributed by atoms with Crippen LogP contribution in [0.1, 0.15) is 26.7 Å². The molecule has 0 amide bonds. The highest BCUT2D eigenvalue weighted by atomic mass is 15.1. The topological polar surface area (TPSA) is 3.24 Å². The van der Waals surface area contributed by atoms with Crippen LogP contribution in [-0.2, 0) is 0 Å². The first-order valence-corrected chi connectivity index (χ1v) is 3.88. The summed E-state index contributed by atoms with van der Waals surface area (Å²) in [5.74, 6) is 0. The molecule has 0 N–H and O–H groups in total. The van der Waals surface area contributed by atoms with E-state index in [2.05, 4.69) is 37.2 Å². The molecule has 0 bridgehead atoms. The maximum atomic E-state index is 3.23. The highest BCUT2D eigenvalue weighted by Crippen LogP contribution is 2.08. The van der Waals surface area contributed by atoms with Crippen molar-refractivity contribution in [2.45, 2.75) is 26.7 Å². The third-order valence-corrected chi connectivity index (χ3v) is 1.58. The van der Waals surface area contributed by atoms with Gasteiger partial charge in [-0.25, -0.2) is 0 Å². The summed E-state index contributed by atoms with van der Waals surface area (Å²) in [5, 5.41) is 0. The average Bonchev–Trinajstić information content (AvgIpc) is 2.31. The first-order valence-electron chi connectivity index (χ1n) is 3.88. The lowest BCUT2D eigenvalue weighted by Gasteiger charge is -2.00. The minimum absolute atomic E-state index is 1.12. The van der Waals surface area contributed by atoms with Crippen molar-refractivity contribution in [2.24, 2.45) is 0 Å². The van der Waals surface area contributed by atoms with E-state index in [0.29, 0.717) is 0 Å². The molecule has 1 rings (SSSR count). The summed E-state index contributed by atoms with van der Waals surface area (Å²) in [5.41, 5.74) is 1.23. The summed E-state index contributed by atoms with van der Waals surface area (Å²) < 4.78 is 0. The molecule has 0 atom stereocenters. The molecule has 10 heavy (non-hydrogen) atoms. The van der Waals surface area contributed by atoms with Crippen molar-refractivity contribution >= 4 is 0 Å². The fourth-order valence-electron chi connectivity index (χ4n) is 0.962. The Balaban J connectivity index is 2.26. The molecule has 0 spiro atoms. The van der Waals surface area contributed by atoms with E-state index >= 15 is 0 Å². The highest BCUT2D eigenvalue weighted by Gasteiger charge is 2.11. The third-order valence-electron chi connectivity index (χ3n) is 1.58. The lowest BCUT2D eigenvalue weighted by molar-refractivity contribution is 0.473. The average molecular weight is 136 g/mol. The van der Waals surface area contributed by atoms with Gasteiger partial charge in [0.25, 0.3) is 0 Å². The largest absolute Gasteiger partial charge is 0.192 e. The van der Waals surface area contributed by atoms with E-state index < -0.39 is 0 Å². The lowest BCUT2D eigenvalue weighted by Crippen LogP contribution is -2.08. The van der Waals surface area contributed by atoms with Gasteiger partial charge in [0.15, 0.2) is 6.20 Å². The van der Waals surface area contributed by atoms with Crippen LogP contribution < -0.4 is 0 Å². The molecular formula is C9H14N+. The zero-order valence-electron chi connectivity index (χ0n) is 6.72. The second-order valence-corrected chi connectivity index (χ2v) is 2.66. The van der Waals surface area contributed by atoms with Crippen LogP contribution in [0.4, 0.5) is 0 Å². The van der Waals surface area contributed by atoms with E-state index in [9.17, 15) is 0 Å². The lowest BCUT2D eigenvalue weighted by atomic mass is 10.3. The Bertz CT molecular complexity index is 156. The summed E-state index contributed by atoms with van der Waals surface area (Å²) in [6.45, 7) is 5.39. The quantitative estimate of drug-likeness (QED) is 0.538. The summed E-state index contributed by atoms with van der Waals surface area (Å²) in [6.07, 6.45) is 9.92. The molecule has 0 saturated heterocycles. The van der Waals surface area contributed by atoms with E-state index in [4.69, 9.17) is 0 Å². The predicted octanol–water partition coefficient (Wildman–Crippen LogP) is 2.32. The molecule has 1 heterocycles. The summed E-state index contributed by atoms with van der Waals surface area (Å²) >= 11 is 0. The van der Waals surface area contributed by atoms with Crippen molar-refractivity contribution in [1.29, 1.82) is 0 Å². The van der Waals surface area contributed by atoms with Crippen LogP contribution in [0.25, 0.3) is 0 Å². The Kier molecular flexibility index (Phi) is 2.47. The fourth-order valence-corrected chi connectivity index (χ4v) is 0.962. The normalized spacial score (nSPS) is 15.4. The Hall–Kier alpha value is -0.810. The highest BCUT2D eigenvalue weighted by molar-refractivity contribution is 5.18. The molecule has 0 saturated carbocycles. The van der Waals surface area contributed by atoms with Crippen LogP contribution in [-0.4, -0.2) is 11.4 Å². The Morgan fingerprint density at radius 1 is 1.60 bits per heavy atom. The van der Waals surface area contributed by atoms with Gasteiger partial charge in [0, 0.05) is 0 Å². The third kappa shape index (κ3) is 1.85. The van der Waals surface area contributed by atoms with Crippen molar-refractivity contribution in [3.63, 3.8) is 0 Å². The van der Waals surface area contributed by atoms with Gasteiger partial charge in [0.1, 0.15) is 17.8 Å². The van der Waals surface area contributed by atoms with Gasteiger partial charge in [-0.05, 0) is 13.3 Å². The maximum absolute atomic E-state index is 3.23. The maximum Gasteiger partial charge on any atom is 0.156 e. The van der Waals surface area contributed by atoms with E-state index in [1.54, 1.807) is 0 Å². The molecule has 0 aromatic heterocycles. The Labute approximate surface area is 63.0 Å². The van der Waals surface area contributed by atoms with Crippen molar-refractivity contribution in [3.8, 4) is 0 Å². The van der Waals surface area contributed by atoms with E-state index in [1.165, 1.54) is 18.4 Å². The van der Waals surface area contributed by atoms with Gasteiger partial charge in [0.05, 0.1) is 6.54 Å². The predicted molar refractivity (Wildman–Crippen MR) is 43.2 cm³/mol. The monoisotopic (exact) mass is 136 g/mol. The molecule has 54 valence electrons. The molecule has 0 unspecified atom stereocenters. The SMILES string of the molecule is CCCCN1[C+]=C(C)C=C1. The first kappa shape index (κ1) is 7.30. The zero-order valence-corrected chi connectivity index (χ0v) is 6.72. The minimum atomic E-state index is 1.12. The van der Waals surface area contributed by atoms with Crippen LogP contribution in [0.5, 0.6) is 0 Å². The van der Waals surface area contributed by atoms with Crippen LogP contribution in [0.15, 0.2) is 17.8 Å². The molecule has 0 radical (unpaired) electrons. The van der Waals surface area contributed by atoms with Crippen LogP contribution in [0, 0.1) is 6.20 Å². The van der Waals surface area contributed by atoms with Crippen molar-refractivity contribution < 1.29 is 0 Å². The van der Waals surface area contributed by atoms with E-state index in [-0.39, 0.29) is 0 Å². The van der Waals surface area contributed by atoms with Gasteiger partial charge < -0.3 is 0 Å². The molecule has 1 aliphatic heterocycles.